The summed E-state index contributed by atoms with van der Waals surface area (Å²) in [6.45, 7) is 10.6. The Morgan fingerprint density at radius 3 is 2.27 bits per heavy atom. The summed E-state index contributed by atoms with van der Waals surface area (Å²) in [5, 5.41) is 6.49. The lowest BCUT2D eigenvalue weighted by atomic mass is 9.99. The molecule has 6 rings (SSSR count). The van der Waals surface area contributed by atoms with Gasteiger partial charge in [-0.05, 0) is 85.3 Å². The first-order valence-corrected chi connectivity index (χ1v) is 16.3. The molecule has 11 heteroatoms. The fraction of sp³-hybridized carbons (Fsp3) is 0.378. The van der Waals surface area contributed by atoms with Crippen LogP contribution in [0.4, 0.5) is 15.8 Å². The van der Waals surface area contributed by atoms with Crippen molar-refractivity contribution in [2.75, 3.05) is 57.2 Å². The minimum Gasteiger partial charge on any atom is -0.493 e. The maximum atomic E-state index is 13.6. The zero-order valence-corrected chi connectivity index (χ0v) is 27.7. The van der Waals surface area contributed by atoms with Gasteiger partial charge in [-0.15, -0.1) is 0 Å². The van der Waals surface area contributed by atoms with Gasteiger partial charge in [-0.1, -0.05) is 13.8 Å². The second kappa shape index (κ2) is 14.2. The van der Waals surface area contributed by atoms with Crippen LogP contribution in [0.25, 0.3) is 10.9 Å². The molecule has 2 heterocycles. The molecule has 2 amide bonds. The number of methoxy groups -OCH3 is 1. The Labute approximate surface area is 279 Å². The van der Waals surface area contributed by atoms with Crippen LogP contribution in [0, 0.1) is 30.0 Å². The monoisotopic (exact) mass is 656 g/mol. The molecule has 1 saturated carbocycles. The average Bonchev–Trinajstić information content (AvgIpc) is 3.65. The quantitative estimate of drug-likeness (QED) is 0.133. The van der Waals surface area contributed by atoms with Gasteiger partial charge in [0, 0.05) is 48.7 Å². The Hall–Kier alpha value is -4.74. The van der Waals surface area contributed by atoms with Gasteiger partial charge in [-0.25, -0.2) is 4.39 Å². The molecule has 1 aliphatic heterocycles. The highest BCUT2D eigenvalue weighted by atomic mass is 19.1. The van der Waals surface area contributed by atoms with Crippen molar-refractivity contribution in [2.45, 2.75) is 27.2 Å². The van der Waals surface area contributed by atoms with Crippen molar-refractivity contribution in [3.05, 3.63) is 78.2 Å². The molecular weight excluding hydrogens is 615 g/mol. The average molecular weight is 657 g/mol. The molecule has 0 radical (unpaired) electrons. The topological polar surface area (TPSA) is 111 Å². The number of anilines is 2. The van der Waals surface area contributed by atoms with Crippen molar-refractivity contribution in [1.82, 2.24) is 9.88 Å². The van der Waals surface area contributed by atoms with E-state index in [1.54, 1.807) is 31.5 Å². The van der Waals surface area contributed by atoms with Gasteiger partial charge in [-0.2, -0.15) is 0 Å². The van der Waals surface area contributed by atoms with E-state index in [0.29, 0.717) is 46.5 Å². The first-order chi connectivity index (χ1) is 23.2. The van der Waals surface area contributed by atoms with Crippen molar-refractivity contribution in [2.24, 2.45) is 17.3 Å². The van der Waals surface area contributed by atoms with E-state index in [0.717, 1.165) is 50.2 Å². The van der Waals surface area contributed by atoms with Crippen LogP contribution in [0.5, 0.6) is 23.0 Å². The molecule has 1 aliphatic carbocycles. The minimum atomic E-state index is -1.24. The van der Waals surface area contributed by atoms with E-state index >= 15 is 0 Å². The summed E-state index contributed by atoms with van der Waals surface area (Å²) in [7, 11) is 1.61. The van der Waals surface area contributed by atoms with Gasteiger partial charge in [0.05, 0.1) is 32.4 Å². The molecule has 4 aromatic rings. The third-order valence-corrected chi connectivity index (χ3v) is 9.55. The second-order valence-electron chi connectivity index (χ2n) is 12.4. The van der Waals surface area contributed by atoms with Crippen LogP contribution in [0.1, 0.15) is 25.8 Å². The molecule has 3 aromatic carbocycles. The number of aromatic nitrogens is 1. The fourth-order valence-electron chi connectivity index (χ4n) is 6.45. The highest BCUT2D eigenvalue weighted by molar-refractivity contribution is 6.17. The second-order valence-corrected chi connectivity index (χ2v) is 12.4. The molecule has 1 aromatic heterocycles. The Balaban J connectivity index is 1.13. The molecular formula is C37H41FN4O6. The summed E-state index contributed by atoms with van der Waals surface area (Å²) in [6.07, 6.45) is 2.57. The van der Waals surface area contributed by atoms with Gasteiger partial charge in [-0.3, -0.25) is 19.5 Å². The van der Waals surface area contributed by atoms with Crippen molar-refractivity contribution in [3.63, 3.8) is 0 Å². The maximum absolute atomic E-state index is 13.6. The Morgan fingerprint density at radius 2 is 1.60 bits per heavy atom. The molecule has 2 fully saturated rings. The number of amides is 2. The lowest BCUT2D eigenvalue weighted by molar-refractivity contribution is -0.132. The number of rotatable bonds is 12. The molecule has 2 N–H and O–H groups in total. The Bertz CT molecular complexity index is 1790. The predicted molar refractivity (Wildman–Crippen MR) is 181 cm³/mol. The first-order valence-electron chi connectivity index (χ1n) is 16.3. The Kier molecular flexibility index (Phi) is 9.79. The number of nitrogens with one attached hydrogen (secondary N) is 2. The summed E-state index contributed by atoms with van der Waals surface area (Å²) >= 11 is 0. The van der Waals surface area contributed by atoms with Gasteiger partial charge < -0.3 is 29.6 Å². The maximum Gasteiger partial charge on any atom is 0.240 e. The number of nitrogens with zero attached hydrogens (tertiary/aromatic N) is 2. The van der Waals surface area contributed by atoms with Gasteiger partial charge in [0.2, 0.25) is 11.8 Å². The largest absolute Gasteiger partial charge is 0.493 e. The summed E-state index contributed by atoms with van der Waals surface area (Å²) in [4.78, 5) is 33.8. The zero-order chi connectivity index (χ0) is 33.8. The van der Waals surface area contributed by atoms with E-state index in [4.69, 9.17) is 18.9 Å². The molecule has 0 bridgehead atoms. The number of hydrogen-bond donors (Lipinski definition) is 2. The molecule has 10 nitrogen and oxygen atoms in total. The molecule has 0 unspecified atom stereocenters. The molecule has 2 aliphatic rings. The van der Waals surface area contributed by atoms with Crippen LogP contribution >= 0.6 is 0 Å². The van der Waals surface area contributed by atoms with Crippen LogP contribution in [-0.4, -0.2) is 68.3 Å². The van der Waals surface area contributed by atoms with Crippen molar-refractivity contribution < 1.29 is 32.9 Å². The summed E-state index contributed by atoms with van der Waals surface area (Å²) < 4.78 is 36.9. The van der Waals surface area contributed by atoms with E-state index in [1.807, 2.05) is 39.0 Å². The van der Waals surface area contributed by atoms with Crippen LogP contribution in [0.3, 0.4) is 0 Å². The number of fused-ring (bicyclic) bond motifs is 1. The minimum absolute atomic E-state index is 0.167. The Morgan fingerprint density at radius 1 is 0.917 bits per heavy atom. The number of carbonyl (C=O) groups excluding carboxylic acids is 2. The number of carbonyl (C=O) groups is 2. The van der Waals surface area contributed by atoms with E-state index in [-0.39, 0.29) is 17.7 Å². The van der Waals surface area contributed by atoms with Gasteiger partial charge in [0.15, 0.2) is 11.5 Å². The third-order valence-electron chi connectivity index (χ3n) is 9.55. The number of ether oxygens (including phenoxy) is 4. The molecule has 252 valence electrons. The normalized spacial score (nSPS) is 20.6. The number of aryl methyl sites for hydroxylation is 1. The highest BCUT2D eigenvalue weighted by Gasteiger charge is 2.69. The number of morpholine rings is 1. The number of pyridine rings is 1. The van der Waals surface area contributed by atoms with E-state index in [9.17, 15) is 14.0 Å². The highest BCUT2D eigenvalue weighted by Crippen LogP contribution is 2.59. The standard InChI is InChI=1S/C37H41FN4O6/c1-23-20-28(41-36(44)37(24(2)25(37)3)35(43)40-27-8-6-26(38)7-9-27)10-11-31(23)48-32-12-13-39-30-22-34(33(45-4)21-29(30)32)47-17-5-14-42-15-18-46-19-16-42/h6-13,20-22,24-25H,5,14-19H2,1-4H3,(H,40,43)(H,41,44)/t24-,25-/m1/s1. The van der Waals surface area contributed by atoms with Crippen LogP contribution < -0.4 is 24.8 Å². The van der Waals surface area contributed by atoms with Gasteiger partial charge in [0.25, 0.3) is 0 Å². The van der Waals surface area contributed by atoms with Crippen LogP contribution in [-0.2, 0) is 14.3 Å². The molecule has 48 heavy (non-hydrogen) atoms. The van der Waals surface area contributed by atoms with Crippen molar-refractivity contribution >= 4 is 34.1 Å². The number of halogens is 1. The molecule has 2 atom stereocenters. The summed E-state index contributed by atoms with van der Waals surface area (Å²) in [5.74, 6) is 0.858. The fourth-order valence-corrected chi connectivity index (χ4v) is 6.45. The zero-order valence-electron chi connectivity index (χ0n) is 27.7. The van der Waals surface area contributed by atoms with Crippen LogP contribution in [0.2, 0.25) is 0 Å². The molecule has 0 spiro atoms. The summed E-state index contributed by atoms with van der Waals surface area (Å²) in [5.41, 5.74) is 1.22. The molecule has 1 saturated heterocycles. The van der Waals surface area contributed by atoms with Crippen molar-refractivity contribution in [3.8, 4) is 23.0 Å². The van der Waals surface area contributed by atoms with Gasteiger partial charge >= 0.3 is 0 Å². The van der Waals surface area contributed by atoms with E-state index in [1.165, 1.54) is 24.3 Å². The van der Waals surface area contributed by atoms with E-state index < -0.39 is 17.1 Å². The summed E-state index contributed by atoms with van der Waals surface area (Å²) in [6, 6.07) is 16.3. The number of hydrogen-bond acceptors (Lipinski definition) is 8. The lowest BCUT2D eigenvalue weighted by Gasteiger charge is -2.26. The first kappa shape index (κ1) is 33.2. The SMILES string of the molecule is COc1cc2c(Oc3ccc(NC(=O)C4(C(=O)Nc5ccc(F)cc5)[C@H](C)[C@H]4C)cc3C)ccnc2cc1OCCCN1CCOCC1. The smallest absolute Gasteiger partial charge is 0.240 e. The van der Waals surface area contributed by atoms with Crippen LogP contribution in [0.15, 0.2) is 66.9 Å². The van der Waals surface area contributed by atoms with E-state index in [2.05, 4.69) is 20.5 Å². The third kappa shape index (κ3) is 6.79. The van der Waals surface area contributed by atoms with Crippen molar-refractivity contribution in [1.29, 1.82) is 0 Å². The lowest BCUT2D eigenvalue weighted by Crippen LogP contribution is -2.38. The number of benzene rings is 3. The predicted octanol–water partition coefficient (Wildman–Crippen LogP) is 6.43. The van der Waals surface area contributed by atoms with Gasteiger partial charge in [0.1, 0.15) is 22.7 Å².